The Kier molecular flexibility index (Phi) is 6.34. The number of hydrogen-bond acceptors (Lipinski definition) is 6. The van der Waals surface area contributed by atoms with Gasteiger partial charge in [-0.1, -0.05) is 30.3 Å². The molecule has 0 radical (unpaired) electrons. The number of hydrogen-bond donors (Lipinski definition) is 2. The van der Waals surface area contributed by atoms with Gasteiger partial charge in [-0.3, -0.25) is 24.6 Å². The van der Waals surface area contributed by atoms with Crippen LogP contribution in [0.25, 0.3) is 0 Å². The lowest BCUT2D eigenvalue weighted by atomic mass is 10.0. The Morgan fingerprint density at radius 3 is 2.44 bits per heavy atom. The van der Waals surface area contributed by atoms with Crippen molar-refractivity contribution < 1.29 is 19.1 Å². The summed E-state index contributed by atoms with van der Waals surface area (Å²) in [5.74, 6) is -0.250. The monoisotopic (exact) mass is 462 g/mol. The third-order valence-electron chi connectivity index (χ3n) is 6.99. The van der Waals surface area contributed by atoms with Crippen LogP contribution in [0.3, 0.4) is 0 Å². The predicted molar refractivity (Wildman–Crippen MR) is 126 cm³/mol. The Morgan fingerprint density at radius 1 is 0.971 bits per heavy atom. The molecule has 0 saturated carbocycles. The molecule has 3 amide bonds. The highest BCUT2D eigenvalue weighted by Gasteiger charge is 2.40. The van der Waals surface area contributed by atoms with E-state index in [4.69, 9.17) is 10.5 Å². The summed E-state index contributed by atoms with van der Waals surface area (Å²) in [6.07, 6.45) is 2.69. The van der Waals surface area contributed by atoms with Gasteiger partial charge in [0.25, 0.3) is 5.91 Å². The summed E-state index contributed by atoms with van der Waals surface area (Å²) in [6, 6.07) is 13.6. The number of fused-ring (bicyclic) bond motifs is 1. The number of amides is 3. The van der Waals surface area contributed by atoms with Gasteiger partial charge >= 0.3 is 0 Å². The van der Waals surface area contributed by atoms with Crippen molar-refractivity contribution in [2.75, 3.05) is 13.1 Å². The Bertz CT molecular complexity index is 1090. The molecule has 2 aromatic carbocycles. The van der Waals surface area contributed by atoms with Crippen LogP contribution in [0.5, 0.6) is 5.75 Å². The first-order valence-electron chi connectivity index (χ1n) is 11.9. The quantitative estimate of drug-likeness (QED) is 0.636. The molecule has 1 atom stereocenters. The number of carbonyl (C=O) groups excluding carboxylic acids is 3. The molecule has 2 fully saturated rings. The molecule has 34 heavy (non-hydrogen) atoms. The first-order chi connectivity index (χ1) is 16.5. The molecule has 2 saturated heterocycles. The Hall–Kier alpha value is -3.23. The van der Waals surface area contributed by atoms with Gasteiger partial charge in [-0.25, -0.2) is 0 Å². The van der Waals surface area contributed by atoms with E-state index < -0.39 is 11.9 Å². The largest absolute Gasteiger partial charge is 0.489 e. The Morgan fingerprint density at radius 2 is 1.71 bits per heavy atom. The van der Waals surface area contributed by atoms with E-state index in [1.165, 1.54) is 5.56 Å². The van der Waals surface area contributed by atoms with Crippen LogP contribution < -0.4 is 15.8 Å². The number of piperidine rings is 2. The average Bonchev–Trinajstić information content (AvgIpc) is 3.17. The second kappa shape index (κ2) is 9.56. The third kappa shape index (κ3) is 4.69. The fraction of sp³-hybridized carbons (Fsp3) is 0.423. The van der Waals surface area contributed by atoms with Crippen LogP contribution in [0.15, 0.2) is 42.5 Å². The van der Waals surface area contributed by atoms with Crippen LogP contribution in [0.4, 0.5) is 0 Å². The number of likely N-dealkylation sites (tertiary alicyclic amines) is 1. The number of nitrogens with two attached hydrogens (primary N) is 1. The number of nitrogens with zero attached hydrogens (tertiary/aromatic N) is 2. The van der Waals surface area contributed by atoms with Gasteiger partial charge in [0, 0.05) is 30.1 Å². The van der Waals surface area contributed by atoms with Gasteiger partial charge in [-0.2, -0.15) is 0 Å². The topological polar surface area (TPSA) is 105 Å². The molecule has 0 spiro atoms. The molecule has 3 heterocycles. The van der Waals surface area contributed by atoms with Crippen molar-refractivity contribution in [1.29, 1.82) is 0 Å². The van der Waals surface area contributed by atoms with Gasteiger partial charge in [-0.05, 0) is 55.6 Å². The van der Waals surface area contributed by atoms with Crippen molar-refractivity contribution in [2.24, 2.45) is 5.73 Å². The Balaban J connectivity index is 1.21. The lowest BCUT2D eigenvalue weighted by Gasteiger charge is -2.30. The lowest BCUT2D eigenvalue weighted by Crippen LogP contribution is -2.52. The third-order valence-corrected chi connectivity index (χ3v) is 6.99. The zero-order valence-corrected chi connectivity index (χ0v) is 19.2. The maximum absolute atomic E-state index is 13.0. The minimum absolute atomic E-state index is 0.196. The fourth-order valence-electron chi connectivity index (χ4n) is 4.96. The van der Waals surface area contributed by atoms with Gasteiger partial charge in [0.1, 0.15) is 18.4 Å². The van der Waals surface area contributed by atoms with Crippen molar-refractivity contribution in [3.05, 3.63) is 64.7 Å². The number of ether oxygens (including phenoxy) is 1. The second-order valence-corrected chi connectivity index (χ2v) is 9.40. The van der Waals surface area contributed by atoms with E-state index in [0.717, 1.165) is 43.6 Å². The van der Waals surface area contributed by atoms with Crippen LogP contribution in [-0.2, 0) is 29.3 Å². The molecule has 0 aromatic heterocycles. The van der Waals surface area contributed by atoms with E-state index in [1.807, 2.05) is 6.07 Å². The molecule has 2 aromatic rings. The van der Waals surface area contributed by atoms with Crippen LogP contribution >= 0.6 is 0 Å². The highest BCUT2D eigenvalue weighted by atomic mass is 16.5. The van der Waals surface area contributed by atoms with Crippen LogP contribution in [-0.4, -0.2) is 52.7 Å². The van der Waals surface area contributed by atoms with Gasteiger partial charge < -0.3 is 15.4 Å². The molecule has 3 aliphatic rings. The second-order valence-electron chi connectivity index (χ2n) is 9.40. The molecule has 3 N–H and O–H groups in total. The zero-order valence-electron chi connectivity index (χ0n) is 19.2. The van der Waals surface area contributed by atoms with E-state index in [0.29, 0.717) is 36.9 Å². The predicted octanol–water partition coefficient (Wildman–Crippen LogP) is 1.95. The van der Waals surface area contributed by atoms with Gasteiger partial charge in [-0.15, -0.1) is 0 Å². The van der Waals surface area contributed by atoms with Gasteiger partial charge in [0.2, 0.25) is 11.8 Å². The minimum Gasteiger partial charge on any atom is -0.489 e. The Labute approximate surface area is 199 Å². The average molecular weight is 463 g/mol. The van der Waals surface area contributed by atoms with Crippen LogP contribution in [0, 0.1) is 0 Å². The van der Waals surface area contributed by atoms with Crippen molar-refractivity contribution in [3.8, 4) is 5.75 Å². The van der Waals surface area contributed by atoms with Crippen molar-refractivity contribution in [1.82, 2.24) is 15.1 Å². The van der Waals surface area contributed by atoms with Crippen molar-refractivity contribution >= 4 is 17.7 Å². The summed E-state index contributed by atoms with van der Waals surface area (Å²) in [5, 5.41) is 2.34. The minimum atomic E-state index is -0.631. The van der Waals surface area contributed by atoms with Crippen molar-refractivity contribution in [2.45, 2.75) is 57.5 Å². The maximum Gasteiger partial charge on any atom is 0.255 e. The number of carbonyl (C=O) groups is 3. The van der Waals surface area contributed by atoms with E-state index in [2.05, 4.69) is 34.5 Å². The number of rotatable bonds is 6. The summed E-state index contributed by atoms with van der Waals surface area (Å²) in [4.78, 5) is 40.7. The summed E-state index contributed by atoms with van der Waals surface area (Å²) >= 11 is 0. The molecular weight excluding hydrogens is 432 g/mol. The summed E-state index contributed by atoms with van der Waals surface area (Å²) in [5.41, 5.74) is 9.66. The van der Waals surface area contributed by atoms with Gasteiger partial charge in [0.15, 0.2) is 0 Å². The highest BCUT2D eigenvalue weighted by molar-refractivity contribution is 6.05. The first-order valence-corrected chi connectivity index (χ1v) is 11.9. The molecular formula is C26H30N4O4. The van der Waals surface area contributed by atoms with Crippen LogP contribution in [0.2, 0.25) is 0 Å². The SMILES string of the molecule is NC1CCN(Cc2ccc(COc3cccc4c3CN(C3CCC(=O)NC3=O)C4=O)cc2)CC1. The molecule has 8 heteroatoms. The smallest absolute Gasteiger partial charge is 0.255 e. The fourth-order valence-corrected chi connectivity index (χ4v) is 4.96. The zero-order chi connectivity index (χ0) is 23.7. The molecule has 8 nitrogen and oxygen atoms in total. The molecule has 5 rings (SSSR count). The van der Waals surface area contributed by atoms with E-state index >= 15 is 0 Å². The lowest BCUT2D eigenvalue weighted by molar-refractivity contribution is -0.136. The first kappa shape index (κ1) is 22.6. The number of benzene rings is 2. The van der Waals surface area contributed by atoms with E-state index in [1.54, 1.807) is 17.0 Å². The number of imide groups is 1. The van der Waals surface area contributed by atoms with Crippen LogP contribution in [0.1, 0.15) is 52.7 Å². The van der Waals surface area contributed by atoms with E-state index in [9.17, 15) is 14.4 Å². The summed E-state index contributed by atoms with van der Waals surface area (Å²) in [6.45, 7) is 3.70. The normalized spacial score (nSPS) is 21.5. The summed E-state index contributed by atoms with van der Waals surface area (Å²) < 4.78 is 6.11. The highest BCUT2D eigenvalue weighted by Crippen LogP contribution is 2.34. The summed E-state index contributed by atoms with van der Waals surface area (Å²) in [7, 11) is 0. The maximum atomic E-state index is 13.0. The van der Waals surface area contributed by atoms with Gasteiger partial charge in [0.05, 0.1) is 6.54 Å². The number of nitrogens with one attached hydrogen (secondary N) is 1. The molecule has 178 valence electrons. The van der Waals surface area contributed by atoms with E-state index in [-0.39, 0.29) is 18.2 Å². The molecule has 1 unspecified atom stereocenters. The standard InChI is InChI=1S/C26H30N4O4/c27-19-10-12-29(13-11-19)14-17-4-6-18(7-5-17)16-34-23-3-1-2-20-21(23)15-30(26(20)33)22-8-9-24(31)28-25(22)32/h1-7,19,22H,8-16,27H2,(H,28,31,32). The van der Waals surface area contributed by atoms with Crippen molar-refractivity contribution in [3.63, 3.8) is 0 Å². The molecule has 3 aliphatic heterocycles. The molecule has 0 aliphatic carbocycles. The molecule has 0 bridgehead atoms.